The molecule has 2 saturated carbocycles. The van der Waals surface area contributed by atoms with Crippen molar-refractivity contribution in [1.82, 2.24) is 20.9 Å². The first kappa shape index (κ1) is 23.9. The lowest BCUT2D eigenvalue weighted by molar-refractivity contribution is -0.135. The summed E-state index contributed by atoms with van der Waals surface area (Å²) in [7, 11) is 0. The predicted octanol–water partition coefficient (Wildman–Crippen LogP) is 2.81. The Bertz CT molecular complexity index is 597. The van der Waals surface area contributed by atoms with Crippen LogP contribution in [0.3, 0.4) is 0 Å². The Labute approximate surface area is 188 Å². The SMILES string of the molecule is CCNC(=NCCNC(=O)CC1CCCCC1)NC1CCN(C(=O)C2CCCCC2)C1. The summed E-state index contributed by atoms with van der Waals surface area (Å²) in [5.41, 5.74) is 0. The molecule has 0 aromatic heterocycles. The zero-order valence-corrected chi connectivity index (χ0v) is 19.5. The van der Waals surface area contributed by atoms with E-state index < -0.39 is 0 Å². The van der Waals surface area contributed by atoms with Crippen LogP contribution in [-0.4, -0.2) is 61.4 Å². The van der Waals surface area contributed by atoms with Gasteiger partial charge >= 0.3 is 0 Å². The minimum atomic E-state index is 0.160. The quantitative estimate of drug-likeness (QED) is 0.312. The molecule has 3 rings (SSSR count). The Balaban J connectivity index is 1.37. The number of carbonyl (C=O) groups excluding carboxylic acids is 2. The van der Waals surface area contributed by atoms with Crippen LogP contribution in [-0.2, 0) is 9.59 Å². The van der Waals surface area contributed by atoms with Crippen LogP contribution in [0.5, 0.6) is 0 Å². The van der Waals surface area contributed by atoms with E-state index in [0.29, 0.717) is 31.3 Å². The minimum absolute atomic E-state index is 0.160. The number of nitrogens with one attached hydrogen (secondary N) is 3. The van der Waals surface area contributed by atoms with Crippen molar-refractivity contribution >= 4 is 17.8 Å². The average Bonchev–Trinajstić information content (AvgIpc) is 3.26. The lowest BCUT2D eigenvalue weighted by atomic mass is 9.87. The molecule has 2 amide bonds. The van der Waals surface area contributed by atoms with Crippen LogP contribution in [0.25, 0.3) is 0 Å². The summed E-state index contributed by atoms with van der Waals surface area (Å²) in [4.78, 5) is 31.6. The van der Waals surface area contributed by atoms with Crippen molar-refractivity contribution in [2.45, 2.75) is 90.0 Å². The summed E-state index contributed by atoms with van der Waals surface area (Å²) in [6, 6.07) is 0.242. The number of guanidine groups is 1. The van der Waals surface area contributed by atoms with Crippen molar-refractivity contribution in [3.63, 3.8) is 0 Å². The van der Waals surface area contributed by atoms with Crippen molar-refractivity contribution in [3.8, 4) is 0 Å². The summed E-state index contributed by atoms with van der Waals surface area (Å²) < 4.78 is 0. The number of hydrogen-bond acceptors (Lipinski definition) is 3. The Kier molecular flexibility index (Phi) is 9.94. The second kappa shape index (κ2) is 12.9. The standard InChI is InChI=1S/C24H43N5O2/c1-2-25-24(27-15-14-26-22(30)17-19-9-5-3-6-10-19)28-21-13-16-29(18-21)23(31)20-11-7-4-8-12-20/h19-21H,2-18H2,1H3,(H,26,30)(H2,25,27,28). The Morgan fingerprint density at radius 1 is 0.935 bits per heavy atom. The smallest absolute Gasteiger partial charge is 0.225 e. The molecule has 0 aromatic rings. The third-order valence-corrected chi connectivity index (χ3v) is 7.04. The first-order valence-corrected chi connectivity index (χ1v) is 12.8. The Morgan fingerprint density at radius 3 is 2.35 bits per heavy atom. The highest BCUT2D eigenvalue weighted by molar-refractivity contribution is 5.81. The molecule has 2 aliphatic carbocycles. The summed E-state index contributed by atoms with van der Waals surface area (Å²) in [5.74, 6) is 2.10. The van der Waals surface area contributed by atoms with E-state index in [9.17, 15) is 9.59 Å². The molecule has 1 atom stereocenters. The molecule has 0 spiro atoms. The van der Waals surface area contributed by atoms with Crippen LogP contribution >= 0.6 is 0 Å². The van der Waals surface area contributed by atoms with E-state index in [-0.39, 0.29) is 17.9 Å². The van der Waals surface area contributed by atoms with Crippen LogP contribution in [0.2, 0.25) is 0 Å². The number of aliphatic imine (C=N–C) groups is 1. The average molecular weight is 434 g/mol. The van der Waals surface area contributed by atoms with E-state index in [1.807, 2.05) is 4.90 Å². The van der Waals surface area contributed by atoms with Gasteiger partial charge in [-0.15, -0.1) is 0 Å². The van der Waals surface area contributed by atoms with Gasteiger partial charge in [0.1, 0.15) is 0 Å². The first-order valence-electron chi connectivity index (χ1n) is 12.8. The summed E-state index contributed by atoms with van der Waals surface area (Å²) in [5, 5.41) is 9.81. The highest BCUT2D eigenvalue weighted by atomic mass is 16.2. The van der Waals surface area contributed by atoms with Gasteiger partial charge in [-0.05, 0) is 44.9 Å². The van der Waals surface area contributed by atoms with E-state index in [1.54, 1.807) is 0 Å². The van der Waals surface area contributed by atoms with Crippen molar-refractivity contribution in [2.24, 2.45) is 16.8 Å². The maximum absolute atomic E-state index is 12.8. The van der Waals surface area contributed by atoms with Gasteiger partial charge in [-0.3, -0.25) is 14.6 Å². The molecule has 0 radical (unpaired) electrons. The molecule has 0 aromatic carbocycles. The predicted molar refractivity (Wildman–Crippen MR) is 125 cm³/mol. The number of amides is 2. The molecule has 1 aliphatic heterocycles. The van der Waals surface area contributed by atoms with E-state index in [4.69, 9.17) is 0 Å². The molecule has 7 heteroatoms. The molecule has 1 unspecified atom stereocenters. The van der Waals surface area contributed by atoms with E-state index >= 15 is 0 Å². The molecule has 3 aliphatic rings. The molecule has 176 valence electrons. The number of carbonyl (C=O) groups is 2. The van der Waals surface area contributed by atoms with Gasteiger partial charge in [0.2, 0.25) is 11.8 Å². The molecule has 7 nitrogen and oxygen atoms in total. The van der Waals surface area contributed by atoms with Crippen molar-refractivity contribution < 1.29 is 9.59 Å². The molecule has 0 bridgehead atoms. The van der Waals surface area contributed by atoms with Gasteiger partial charge in [0.25, 0.3) is 0 Å². The van der Waals surface area contributed by atoms with Crippen LogP contribution in [0, 0.1) is 11.8 Å². The van der Waals surface area contributed by atoms with Crippen LogP contribution in [0.4, 0.5) is 0 Å². The number of nitrogens with zero attached hydrogens (tertiary/aromatic N) is 2. The normalized spacial score (nSPS) is 23.6. The highest BCUT2D eigenvalue weighted by Crippen LogP contribution is 2.27. The number of hydrogen-bond donors (Lipinski definition) is 3. The molecular formula is C24H43N5O2. The second-order valence-corrected chi connectivity index (χ2v) is 9.57. The zero-order chi connectivity index (χ0) is 21.9. The largest absolute Gasteiger partial charge is 0.357 e. The van der Waals surface area contributed by atoms with E-state index in [0.717, 1.165) is 44.9 Å². The van der Waals surface area contributed by atoms with E-state index in [1.165, 1.54) is 51.4 Å². The van der Waals surface area contributed by atoms with Crippen LogP contribution < -0.4 is 16.0 Å². The summed E-state index contributed by atoms with van der Waals surface area (Å²) in [6.07, 6.45) is 13.7. The second-order valence-electron chi connectivity index (χ2n) is 9.57. The lowest BCUT2D eigenvalue weighted by Gasteiger charge is -2.26. The fourth-order valence-electron chi connectivity index (χ4n) is 5.29. The lowest BCUT2D eigenvalue weighted by Crippen LogP contribution is -2.46. The summed E-state index contributed by atoms with van der Waals surface area (Å²) >= 11 is 0. The zero-order valence-electron chi connectivity index (χ0n) is 19.5. The van der Waals surface area contributed by atoms with Gasteiger partial charge < -0.3 is 20.9 Å². The molecule has 31 heavy (non-hydrogen) atoms. The van der Waals surface area contributed by atoms with Gasteiger partial charge in [0, 0.05) is 44.6 Å². The van der Waals surface area contributed by atoms with Gasteiger partial charge in [-0.2, -0.15) is 0 Å². The van der Waals surface area contributed by atoms with Crippen molar-refractivity contribution in [2.75, 3.05) is 32.7 Å². The fraction of sp³-hybridized carbons (Fsp3) is 0.875. The summed E-state index contributed by atoms with van der Waals surface area (Å²) in [6.45, 7) is 5.57. The third-order valence-electron chi connectivity index (χ3n) is 7.04. The first-order chi connectivity index (χ1) is 15.2. The Hall–Kier alpha value is -1.79. The molecule has 1 heterocycles. The highest BCUT2D eigenvalue weighted by Gasteiger charge is 2.31. The Morgan fingerprint density at radius 2 is 1.65 bits per heavy atom. The van der Waals surface area contributed by atoms with Crippen molar-refractivity contribution in [3.05, 3.63) is 0 Å². The van der Waals surface area contributed by atoms with Crippen LogP contribution in [0.1, 0.15) is 84.0 Å². The number of rotatable bonds is 8. The maximum atomic E-state index is 12.8. The maximum Gasteiger partial charge on any atom is 0.225 e. The molecule has 1 saturated heterocycles. The van der Waals surface area contributed by atoms with Gasteiger partial charge in [0.05, 0.1) is 6.54 Å². The van der Waals surface area contributed by atoms with Gasteiger partial charge in [0.15, 0.2) is 5.96 Å². The van der Waals surface area contributed by atoms with Crippen molar-refractivity contribution in [1.29, 1.82) is 0 Å². The molecular weight excluding hydrogens is 390 g/mol. The fourth-order valence-corrected chi connectivity index (χ4v) is 5.29. The third kappa shape index (κ3) is 8.00. The minimum Gasteiger partial charge on any atom is -0.357 e. The van der Waals surface area contributed by atoms with Crippen LogP contribution in [0.15, 0.2) is 4.99 Å². The van der Waals surface area contributed by atoms with E-state index in [2.05, 4.69) is 27.9 Å². The van der Waals surface area contributed by atoms with Gasteiger partial charge in [-0.1, -0.05) is 38.5 Å². The monoisotopic (exact) mass is 433 g/mol. The topological polar surface area (TPSA) is 85.8 Å². The molecule has 3 fully saturated rings. The number of likely N-dealkylation sites (tertiary alicyclic amines) is 1. The molecule has 3 N–H and O–H groups in total. The van der Waals surface area contributed by atoms with Gasteiger partial charge in [-0.25, -0.2) is 0 Å².